The largest absolute Gasteiger partial charge is 0.394 e. The highest BCUT2D eigenvalue weighted by atomic mass is 32.2. The lowest BCUT2D eigenvalue weighted by molar-refractivity contribution is -0.139. The van der Waals surface area contributed by atoms with Gasteiger partial charge in [-0.3, -0.25) is 13.9 Å². The van der Waals surface area contributed by atoms with Crippen molar-refractivity contribution in [2.75, 3.05) is 32.6 Å². The van der Waals surface area contributed by atoms with E-state index in [1.54, 1.807) is 11.9 Å². The molecule has 0 bridgehead atoms. The van der Waals surface area contributed by atoms with Gasteiger partial charge in [-0.1, -0.05) is 11.9 Å². The highest BCUT2D eigenvalue weighted by molar-refractivity contribution is 7.96. The second kappa shape index (κ2) is 7.05. The molecular formula is C9H18N2O3S. The molecule has 0 radical (unpaired) electrons. The molecule has 0 aromatic carbocycles. The van der Waals surface area contributed by atoms with Crippen LogP contribution in [0, 0.1) is 5.92 Å². The van der Waals surface area contributed by atoms with Crippen molar-refractivity contribution in [3.63, 3.8) is 0 Å². The van der Waals surface area contributed by atoms with Crippen LogP contribution in [0.3, 0.4) is 0 Å². The number of carbonyl (C=O) groups is 1. The number of carbonyl (C=O) groups excluding carboxylic acids is 1. The van der Waals surface area contributed by atoms with E-state index in [1.165, 1.54) is 0 Å². The summed E-state index contributed by atoms with van der Waals surface area (Å²) < 4.78 is 2.25. The van der Waals surface area contributed by atoms with Crippen LogP contribution in [-0.2, 0) is 9.63 Å². The summed E-state index contributed by atoms with van der Waals surface area (Å²) in [4.78, 5) is 16.3. The molecule has 15 heavy (non-hydrogen) atoms. The number of aliphatic hydroxyl groups is 1. The fourth-order valence-corrected chi connectivity index (χ4v) is 2.13. The minimum absolute atomic E-state index is 0.0482. The van der Waals surface area contributed by atoms with Gasteiger partial charge in [0, 0.05) is 19.0 Å². The van der Waals surface area contributed by atoms with Crippen molar-refractivity contribution in [1.29, 1.82) is 0 Å². The Labute approximate surface area is 94.2 Å². The first-order valence-electron chi connectivity index (χ1n) is 5.09. The van der Waals surface area contributed by atoms with Crippen molar-refractivity contribution in [2.45, 2.75) is 12.8 Å². The molecule has 6 heteroatoms. The summed E-state index contributed by atoms with van der Waals surface area (Å²) in [5, 5.41) is 8.47. The van der Waals surface area contributed by atoms with Gasteiger partial charge in [0.25, 0.3) is 0 Å². The molecule has 2 N–H and O–H groups in total. The van der Waals surface area contributed by atoms with Gasteiger partial charge in [0.15, 0.2) is 0 Å². The molecule has 5 nitrogen and oxygen atoms in total. The SMILES string of the molecule is CSN1CCC(C(=O)NOCCO)CC1. The predicted molar refractivity (Wildman–Crippen MR) is 59.0 cm³/mol. The van der Waals surface area contributed by atoms with Crippen LogP contribution in [0.5, 0.6) is 0 Å². The summed E-state index contributed by atoms with van der Waals surface area (Å²) in [7, 11) is 0. The monoisotopic (exact) mass is 234 g/mol. The molecule has 88 valence electrons. The number of amides is 1. The highest BCUT2D eigenvalue weighted by Gasteiger charge is 2.24. The van der Waals surface area contributed by atoms with Crippen LogP contribution in [0.2, 0.25) is 0 Å². The van der Waals surface area contributed by atoms with Crippen LogP contribution >= 0.6 is 11.9 Å². The van der Waals surface area contributed by atoms with Gasteiger partial charge in [0.2, 0.25) is 5.91 Å². The van der Waals surface area contributed by atoms with E-state index in [0.29, 0.717) is 0 Å². The number of piperidine rings is 1. The maximum absolute atomic E-state index is 11.5. The molecule has 1 fully saturated rings. The standard InChI is InChI=1S/C9H18N2O3S/c1-15-11-4-2-8(3-5-11)9(13)10-14-7-6-12/h8,12H,2-7H2,1H3,(H,10,13). The number of hydroxylamine groups is 1. The van der Waals surface area contributed by atoms with Crippen LogP contribution in [0.1, 0.15) is 12.8 Å². The lowest BCUT2D eigenvalue weighted by Gasteiger charge is -2.28. The lowest BCUT2D eigenvalue weighted by Crippen LogP contribution is -2.38. The zero-order valence-electron chi connectivity index (χ0n) is 8.94. The second-order valence-corrected chi connectivity index (χ2v) is 4.31. The van der Waals surface area contributed by atoms with Crippen LogP contribution in [-0.4, -0.2) is 47.9 Å². The van der Waals surface area contributed by atoms with Crippen molar-refractivity contribution < 1.29 is 14.7 Å². The number of hydrogen-bond donors (Lipinski definition) is 2. The Balaban J connectivity index is 2.18. The summed E-state index contributed by atoms with van der Waals surface area (Å²) in [5.74, 6) is -0.0173. The number of hydrogen-bond acceptors (Lipinski definition) is 5. The first kappa shape index (κ1) is 12.8. The molecule has 0 aliphatic carbocycles. The Morgan fingerprint density at radius 2 is 2.27 bits per heavy atom. The first-order valence-corrected chi connectivity index (χ1v) is 6.27. The Morgan fingerprint density at radius 1 is 1.60 bits per heavy atom. The number of nitrogens with one attached hydrogen (secondary N) is 1. The van der Waals surface area contributed by atoms with Gasteiger partial charge in [-0.15, -0.1) is 0 Å². The van der Waals surface area contributed by atoms with E-state index in [9.17, 15) is 4.79 Å². The Morgan fingerprint density at radius 3 is 2.80 bits per heavy atom. The fraction of sp³-hybridized carbons (Fsp3) is 0.889. The van der Waals surface area contributed by atoms with E-state index in [4.69, 9.17) is 9.94 Å². The summed E-state index contributed by atoms with van der Waals surface area (Å²) in [6.45, 7) is 1.96. The summed E-state index contributed by atoms with van der Waals surface area (Å²) in [6.07, 6.45) is 3.79. The van der Waals surface area contributed by atoms with Crippen LogP contribution in [0.4, 0.5) is 0 Å². The second-order valence-electron chi connectivity index (χ2n) is 3.42. The average Bonchev–Trinajstić information content (AvgIpc) is 2.29. The van der Waals surface area contributed by atoms with Gasteiger partial charge < -0.3 is 5.11 Å². The molecule has 1 rings (SSSR count). The van der Waals surface area contributed by atoms with E-state index in [-0.39, 0.29) is 25.0 Å². The molecule has 1 saturated heterocycles. The number of nitrogens with zero attached hydrogens (tertiary/aromatic N) is 1. The summed E-state index contributed by atoms with van der Waals surface area (Å²) in [5.41, 5.74) is 2.36. The molecule has 0 saturated carbocycles. The number of rotatable bonds is 5. The molecule has 1 amide bonds. The summed E-state index contributed by atoms with van der Waals surface area (Å²) >= 11 is 1.72. The Kier molecular flexibility index (Phi) is 6.00. The van der Waals surface area contributed by atoms with Crippen molar-refractivity contribution >= 4 is 17.9 Å². The van der Waals surface area contributed by atoms with Gasteiger partial charge >= 0.3 is 0 Å². The van der Waals surface area contributed by atoms with Gasteiger partial charge in [-0.05, 0) is 19.1 Å². The maximum Gasteiger partial charge on any atom is 0.246 e. The topological polar surface area (TPSA) is 61.8 Å². The number of aliphatic hydroxyl groups excluding tert-OH is 1. The summed E-state index contributed by atoms with van der Waals surface area (Å²) in [6, 6.07) is 0. The Hall–Kier alpha value is -0.300. The lowest BCUT2D eigenvalue weighted by atomic mass is 9.98. The molecule has 0 aromatic heterocycles. The molecule has 1 aliphatic rings. The normalized spacial score (nSPS) is 19.1. The van der Waals surface area contributed by atoms with Gasteiger partial charge in [0.05, 0.1) is 13.2 Å². The van der Waals surface area contributed by atoms with Crippen LogP contribution in [0.25, 0.3) is 0 Å². The van der Waals surface area contributed by atoms with Gasteiger partial charge in [0.1, 0.15) is 0 Å². The smallest absolute Gasteiger partial charge is 0.246 e. The van der Waals surface area contributed by atoms with E-state index >= 15 is 0 Å². The van der Waals surface area contributed by atoms with Crippen molar-refractivity contribution in [3.8, 4) is 0 Å². The molecule has 1 aliphatic heterocycles. The molecule has 1 heterocycles. The van der Waals surface area contributed by atoms with Crippen molar-refractivity contribution in [3.05, 3.63) is 0 Å². The molecule has 0 aromatic rings. The molecule has 0 spiro atoms. The van der Waals surface area contributed by atoms with Crippen LogP contribution < -0.4 is 5.48 Å². The Bertz CT molecular complexity index is 196. The van der Waals surface area contributed by atoms with Crippen molar-refractivity contribution in [1.82, 2.24) is 9.79 Å². The van der Waals surface area contributed by atoms with E-state index < -0.39 is 0 Å². The predicted octanol–water partition coefficient (Wildman–Crippen LogP) is 0.0165. The third-order valence-corrected chi connectivity index (χ3v) is 3.33. The third kappa shape index (κ3) is 4.38. The maximum atomic E-state index is 11.5. The zero-order valence-corrected chi connectivity index (χ0v) is 9.76. The third-order valence-electron chi connectivity index (χ3n) is 2.45. The minimum Gasteiger partial charge on any atom is -0.394 e. The molecule has 0 atom stereocenters. The van der Waals surface area contributed by atoms with E-state index in [2.05, 4.69) is 9.79 Å². The first-order chi connectivity index (χ1) is 7.27. The van der Waals surface area contributed by atoms with Gasteiger partial charge in [-0.2, -0.15) is 0 Å². The van der Waals surface area contributed by atoms with E-state index in [1.807, 2.05) is 6.26 Å². The van der Waals surface area contributed by atoms with Crippen LogP contribution in [0.15, 0.2) is 0 Å². The average molecular weight is 234 g/mol. The van der Waals surface area contributed by atoms with Gasteiger partial charge in [-0.25, -0.2) is 5.48 Å². The highest BCUT2D eigenvalue weighted by Crippen LogP contribution is 2.21. The fourth-order valence-electron chi connectivity index (χ4n) is 1.55. The quantitative estimate of drug-likeness (QED) is 0.399. The molecular weight excluding hydrogens is 216 g/mol. The molecule has 0 unspecified atom stereocenters. The van der Waals surface area contributed by atoms with E-state index in [0.717, 1.165) is 25.9 Å². The zero-order chi connectivity index (χ0) is 11.1. The van der Waals surface area contributed by atoms with Crippen molar-refractivity contribution in [2.24, 2.45) is 5.92 Å². The minimum atomic E-state index is -0.0782.